The summed E-state index contributed by atoms with van der Waals surface area (Å²) in [6.45, 7) is 14.1. The van der Waals surface area contributed by atoms with Crippen molar-refractivity contribution < 1.29 is 18.9 Å². The molecule has 154 valence electrons. The van der Waals surface area contributed by atoms with E-state index in [9.17, 15) is 0 Å². The zero-order valence-electron chi connectivity index (χ0n) is 18.9. The monoisotopic (exact) mass is 418 g/mol. The zero-order chi connectivity index (χ0) is 21.3. The minimum absolute atomic E-state index is 0.728. The molecule has 0 bridgehead atoms. The molecule has 0 aliphatic carbocycles. The van der Waals surface area contributed by atoms with Crippen molar-refractivity contribution in [1.82, 2.24) is 0 Å². The van der Waals surface area contributed by atoms with Gasteiger partial charge in [-0.25, -0.2) is 0 Å². The van der Waals surface area contributed by atoms with Gasteiger partial charge in [0.25, 0.3) is 0 Å². The fourth-order valence-corrected chi connectivity index (χ4v) is 6.74. The number of methoxy groups -OCH3 is 4. The van der Waals surface area contributed by atoms with Crippen molar-refractivity contribution in [3.63, 3.8) is 0 Å². The van der Waals surface area contributed by atoms with Gasteiger partial charge in [-0.1, -0.05) is 51.4 Å². The van der Waals surface area contributed by atoms with Crippen molar-refractivity contribution in [3.8, 4) is 34.1 Å². The Morgan fingerprint density at radius 3 is 1.04 bits per heavy atom. The Hall–Kier alpha value is -1.93. The summed E-state index contributed by atoms with van der Waals surface area (Å²) in [4.78, 5) is 0. The molecule has 0 radical (unpaired) electrons. The third kappa shape index (κ3) is 4.08. The lowest BCUT2D eigenvalue weighted by Gasteiger charge is -2.30. The van der Waals surface area contributed by atoms with Gasteiger partial charge in [-0.3, -0.25) is 0 Å². The van der Waals surface area contributed by atoms with Gasteiger partial charge in [0.05, 0.1) is 44.6 Å². The van der Waals surface area contributed by atoms with E-state index in [1.54, 1.807) is 28.4 Å². The molecular formula is C22H34O4Si2. The molecule has 0 heterocycles. The number of benzene rings is 2. The normalized spacial score (nSPS) is 11.9. The lowest BCUT2D eigenvalue weighted by Crippen LogP contribution is -2.43. The van der Waals surface area contributed by atoms with Crippen LogP contribution < -0.4 is 29.3 Å². The molecule has 6 heteroatoms. The Labute approximate surface area is 171 Å². The number of ether oxygens (including phenoxy) is 4. The SMILES string of the molecule is COc1ccc([Si](C)(C)C)c(-c2c([Si](C)(C)C)ccc(OC)c2OC)c1OC. The fraction of sp³-hybridized carbons (Fsp3) is 0.455. The van der Waals surface area contributed by atoms with Crippen molar-refractivity contribution in [2.45, 2.75) is 39.3 Å². The van der Waals surface area contributed by atoms with Crippen LogP contribution in [0.15, 0.2) is 24.3 Å². The summed E-state index contributed by atoms with van der Waals surface area (Å²) in [5.74, 6) is 2.97. The van der Waals surface area contributed by atoms with Gasteiger partial charge in [-0.05, 0) is 22.5 Å². The maximum atomic E-state index is 5.91. The molecule has 0 aromatic heterocycles. The van der Waals surface area contributed by atoms with Crippen molar-refractivity contribution in [3.05, 3.63) is 24.3 Å². The molecule has 0 aliphatic heterocycles. The minimum Gasteiger partial charge on any atom is -0.493 e. The van der Waals surface area contributed by atoms with Crippen molar-refractivity contribution in [2.75, 3.05) is 28.4 Å². The van der Waals surface area contributed by atoms with Crippen LogP contribution in [0.3, 0.4) is 0 Å². The highest BCUT2D eigenvalue weighted by atomic mass is 28.3. The average molecular weight is 419 g/mol. The minimum atomic E-state index is -1.71. The Kier molecular flexibility index (Phi) is 6.56. The first-order valence-corrected chi connectivity index (χ1v) is 16.5. The molecule has 0 atom stereocenters. The van der Waals surface area contributed by atoms with E-state index in [0.717, 1.165) is 34.1 Å². The standard InChI is InChI=1S/C22H34O4Si2/c1-23-15-11-13-17(27(5,6)7)19(21(15)25-3)20-18(28(8,9)10)14-12-16(24-2)22(20)26-4/h11-14H,1-10H3. The molecule has 0 aliphatic rings. The molecule has 0 amide bonds. The highest BCUT2D eigenvalue weighted by Crippen LogP contribution is 2.44. The van der Waals surface area contributed by atoms with Crippen LogP contribution in [0.4, 0.5) is 0 Å². The van der Waals surface area contributed by atoms with Crippen LogP contribution in [0.25, 0.3) is 11.1 Å². The van der Waals surface area contributed by atoms with Crippen LogP contribution in [-0.4, -0.2) is 44.6 Å². The summed E-state index contributed by atoms with van der Waals surface area (Å²) in [5.41, 5.74) is 2.16. The van der Waals surface area contributed by atoms with Crippen LogP contribution in [0.5, 0.6) is 23.0 Å². The van der Waals surface area contributed by atoms with Crippen LogP contribution in [0.2, 0.25) is 39.3 Å². The Morgan fingerprint density at radius 1 is 0.500 bits per heavy atom. The Balaban J connectivity index is 3.13. The lowest BCUT2D eigenvalue weighted by molar-refractivity contribution is 0.352. The molecular weight excluding hydrogens is 384 g/mol. The molecule has 0 N–H and O–H groups in total. The largest absolute Gasteiger partial charge is 0.493 e. The second-order valence-electron chi connectivity index (χ2n) is 8.95. The molecule has 0 saturated carbocycles. The molecule has 2 rings (SSSR count). The zero-order valence-corrected chi connectivity index (χ0v) is 20.9. The maximum absolute atomic E-state index is 5.91. The van der Waals surface area contributed by atoms with E-state index in [1.165, 1.54) is 10.4 Å². The molecule has 0 fully saturated rings. The van der Waals surface area contributed by atoms with Gasteiger partial charge < -0.3 is 18.9 Å². The van der Waals surface area contributed by atoms with Crippen molar-refractivity contribution >= 4 is 26.5 Å². The topological polar surface area (TPSA) is 36.9 Å². The highest BCUT2D eigenvalue weighted by Gasteiger charge is 2.33. The van der Waals surface area contributed by atoms with Crippen molar-refractivity contribution in [1.29, 1.82) is 0 Å². The first kappa shape index (κ1) is 22.4. The summed E-state index contributed by atoms with van der Waals surface area (Å²) in [5, 5.41) is 2.63. The second-order valence-corrected chi connectivity index (χ2v) is 19.0. The maximum Gasteiger partial charge on any atom is 0.168 e. The first-order valence-electron chi connectivity index (χ1n) is 9.52. The summed E-state index contributed by atoms with van der Waals surface area (Å²) in [6.07, 6.45) is 0. The first-order chi connectivity index (χ1) is 13.0. The molecule has 0 spiro atoms. The quantitative estimate of drug-likeness (QED) is 0.621. The Morgan fingerprint density at radius 2 is 0.821 bits per heavy atom. The summed E-state index contributed by atoms with van der Waals surface area (Å²) >= 11 is 0. The fourth-order valence-electron chi connectivity index (χ4n) is 3.60. The predicted molar refractivity (Wildman–Crippen MR) is 124 cm³/mol. The van der Waals surface area contributed by atoms with Crippen LogP contribution in [0.1, 0.15) is 0 Å². The van der Waals surface area contributed by atoms with Crippen LogP contribution >= 0.6 is 0 Å². The van der Waals surface area contributed by atoms with Gasteiger partial charge in [0.15, 0.2) is 23.0 Å². The summed E-state index contributed by atoms with van der Waals surface area (Å²) in [7, 11) is 3.35. The lowest BCUT2D eigenvalue weighted by atomic mass is 10.0. The van der Waals surface area contributed by atoms with Crippen molar-refractivity contribution in [2.24, 2.45) is 0 Å². The number of hydrogen-bond donors (Lipinski definition) is 0. The number of rotatable bonds is 7. The van der Waals surface area contributed by atoms with Gasteiger partial charge in [0.2, 0.25) is 0 Å². The van der Waals surface area contributed by atoms with Gasteiger partial charge in [-0.2, -0.15) is 0 Å². The second kappa shape index (κ2) is 8.21. The number of hydrogen-bond acceptors (Lipinski definition) is 4. The summed E-state index contributed by atoms with van der Waals surface area (Å²) in [6, 6.07) is 8.40. The van der Waals surface area contributed by atoms with E-state index in [2.05, 4.69) is 51.4 Å². The molecule has 2 aromatic carbocycles. The van der Waals surface area contributed by atoms with E-state index < -0.39 is 16.1 Å². The third-order valence-electron chi connectivity index (χ3n) is 4.96. The smallest absolute Gasteiger partial charge is 0.168 e. The van der Waals surface area contributed by atoms with Crippen LogP contribution in [0, 0.1) is 0 Å². The third-order valence-corrected chi connectivity index (χ3v) is 9.02. The van der Waals surface area contributed by atoms with Gasteiger partial charge >= 0.3 is 0 Å². The van der Waals surface area contributed by atoms with Gasteiger partial charge in [0.1, 0.15) is 0 Å². The molecule has 4 nitrogen and oxygen atoms in total. The average Bonchev–Trinajstić information content (AvgIpc) is 2.63. The van der Waals surface area contributed by atoms with Gasteiger partial charge in [-0.15, -0.1) is 0 Å². The van der Waals surface area contributed by atoms with E-state index in [1.807, 2.05) is 12.1 Å². The Bertz CT molecular complexity index is 778. The van der Waals surface area contributed by atoms with Gasteiger partial charge in [0, 0.05) is 11.1 Å². The molecule has 0 saturated heterocycles. The molecule has 28 heavy (non-hydrogen) atoms. The van der Waals surface area contributed by atoms with E-state index in [4.69, 9.17) is 18.9 Å². The molecule has 0 unspecified atom stereocenters. The van der Waals surface area contributed by atoms with E-state index >= 15 is 0 Å². The van der Waals surface area contributed by atoms with E-state index in [-0.39, 0.29) is 0 Å². The highest BCUT2D eigenvalue weighted by molar-refractivity contribution is 6.91. The predicted octanol–water partition coefficient (Wildman–Crippen LogP) is 4.48. The van der Waals surface area contributed by atoms with Crippen LogP contribution in [-0.2, 0) is 0 Å². The summed E-state index contributed by atoms with van der Waals surface area (Å²) < 4.78 is 23.1. The molecule has 2 aromatic rings. The van der Waals surface area contributed by atoms with E-state index in [0.29, 0.717) is 0 Å².